The first-order valence-corrected chi connectivity index (χ1v) is 4.80. The maximum absolute atomic E-state index is 5.96. The largest absolute Gasteiger partial charge is 0.376 e. The molecule has 0 heterocycles. The van der Waals surface area contributed by atoms with Crippen molar-refractivity contribution in [1.29, 1.82) is 0 Å². The average Bonchev–Trinajstić information content (AvgIpc) is 1.96. The van der Waals surface area contributed by atoms with Crippen molar-refractivity contribution in [1.82, 2.24) is 0 Å². The van der Waals surface area contributed by atoms with Crippen LogP contribution in [0.3, 0.4) is 0 Å². The Labute approximate surface area is 76.5 Å². The molecular weight excluding hydrogens is 150 g/mol. The predicted octanol–water partition coefficient (Wildman–Crippen LogP) is 2.17. The van der Waals surface area contributed by atoms with Crippen LogP contribution in [0.15, 0.2) is 0 Å². The highest BCUT2D eigenvalue weighted by Crippen LogP contribution is 2.25. The lowest BCUT2D eigenvalue weighted by Gasteiger charge is -2.34. The molecule has 0 aliphatic heterocycles. The topological polar surface area (TPSA) is 35.2 Å². The summed E-state index contributed by atoms with van der Waals surface area (Å²) < 4.78 is 5.63. The fourth-order valence-electron chi connectivity index (χ4n) is 1.41. The molecule has 0 aromatic heterocycles. The van der Waals surface area contributed by atoms with Crippen molar-refractivity contribution in [3.63, 3.8) is 0 Å². The molecule has 0 aromatic rings. The third-order valence-electron chi connectivity index (χ3n) is 2.06. The Bertz CT molecular complexity index is 117. The SMILES string of the molecule is CCOC(C(N)CC)C(C)(C)C. The molecule has 0 amide bonds. The Balaban J connectivity index is 4.22. The van der Waals surface area contributed by atoms with Gasteiger partial charge in [0.05, 0.1) is 6.10 Å². The fourth-order valence-corrected chi connectivity index (χ4v) is 1.41. The molecule has 2 heteroatoms. The van der Waals surface area contributed by atoms with E-state index in [2.05, 4.69) is 27.7 Å². The van der Waals surface area contributed by atoms with Gasteiger partial charge in [-0.15, -0.1) is 0 Å². The lowest BCUT2D eigenvalue weighted by Crippen LogP contribution is -2.44. The average molecular weight is 173 g/mol. The zero-order valence-corrected chi connectivity index (χ0v) is 9.05. The highest BCUT2D eigenvalue weighted by atomic mass is 16.5. The minimum absolute atomic E-state index is 0.144. The van der Waals surface area contributed by atoms with E-state index in [1.165, 1.54) is 0 Å². The Morgan fingerprint density at radius 3 is 2.00 bits per heavy atom. The molecule has 2 unspecified atom stereocenters. The van der Waals surface area contributed by atoms with Crippen LogP contribution in [0.5, 0.6) is 0 Å². The number of hydrogen-bond acceptors (Lipinski definition) is 2. The highest BCUT2D eigenvalue weighted by Gasteiger charge is 2.29. The molecule has 74 valence electrons. The molecular formula is C10H23NO. The zero-order chi connectivity index (χ0) is 9.78. The van der Waals surface area contributed by atoms with Crippen LogP contribution < -0.4 is 5.73 Å². The monoisotopic (exact) mass is 173 g/mol. The summed E-state index contributed by atoms with van der Waals surface area (Å²) in [5.74, 6) is 0. The van der Waals surface area contributed by atoms with Crippen molar-refractivity contribution in [2.45, 2.75) is 53.2 Å². The van der Waals surface area contributed by atoms with Crippen LogP contribution in [-0.4, -0.2) is 18.8 Å². The molecule has 0 aliphatic carbocycles. The van der Waals surface area contributed by atoms with E-state index in [9.17, 15) is 0 Å². The second kappa shape index (κ2) is 4.83. The molecule has 12 heavy (non-hydrogen) atoms. The Morgan fingerprint density at radius 2 is 1.75 bits per heavy atom. The van der Waals surface area contributed by atoms with Gasteiger partial charge in [-0.1, -0.05) is 27.7 Å². The Morgan fingerprint density at radius 1 is 1.25 bits per heavy atom. The van der Waals surface area contributed by atoms with E-state index >= 15 is 0 Å². The summed E-state index contributed by atoms with van der Waals surface area (Å²) in [6, 6.07) is 0.157. The van der Waals surface area contributed by atoms with Crippen LogP contribution in [0.1, 0.15) is 41.0 Å². The van der Waals surface area contributed by atoms with Crippen molar-refractivity contribution in [2.24, 2.45) is 11.1 Å². The van der Waals surface area contributed by atoms with Gasteiger partial charge >= 0.3 is 0 Å². The Hall–Kier alpha value is -0.0800. The van der Waals surface area contributed by atoms with Crippen LogP contribution in [0, 0.1) is 5.41 Å². The van der Waals surface area contributed by atoms with Crippen molar-refractivity contribution in [2.75, 3.05) is 6.61 Å². The van der Waals surface area contributed by atoms with Crippen LogP contribution in [0.25, 0.3) is 0 Å². The summed E-state index contributed by atoms with van der Waals surface area (Å²) in [6.07, 6.45) is 1.15. The van der Waals surface area contributed by atoms with Crippen molar-refractivity contribution >= 4 is 0 Å². The zero-order valence-electron chi connectivity index (χ0n) is 9.05. The summed E-state index contributed by atoms with van der Waals surface area (Å²) in [5, 5.41) is 0. The molecule has 2 atom stereocenters. The minimum atomic E-state index is 0.144. The summed E-state index contributed by atoms with van der Waals surface area (Å²) in [5.41, 5.74) is 6.11. The van der Waals surface area contributed by atoms with Gasteiger partial charge in [0.25, 0.3) is 0 Å². The van der Waals surface area contributed by atoms with E-state index in [0.29, 0.717) is 0 Å². The highest BCUT2D eigenvalue weighted by molar-refractivity contribution is 4.83. The maximum atomic E-state index is 5.96. The van der Waals surface area contributed by atoms with Crippen molar-refractivity contribution in [3.05, 3.63) is 0 Å². The Kier molecular flexibility index (Phi) is 4.80. The van der Waals surface area contributed by atoms with Gasteiger partial charge in [-0.3, -0.25) is 0 Å². The number of nitrogens with two attached hydrogens (primary N) is 1. The van der Waals surface area contributed by atoms with Crippen molar-refractivity contribution < 1.29 is 4.74 Å². The second-order valence-corrected chi connectivity index (χ2v) is 4.31. The third kappa shape index (κ3) is 3.55. The molecule has 0 aliphatic rings. The summed E-state index contributed by atoms with van der Waals surface area (Å²) in [6.45, 7) is 11.4. The molecule has 0 radical (unpaired) electrons. The van der Waals surface area contributed by atoms with Gasteiger partial charge in [0, 0.05) is 12.6 Å². The second-order valence-electron chi connectivity index (χ2n) is 4.31. The smallest absolute Gasteiger partial charge is 0.0773 e. The number of ether oxygens (including phenoxy) is 1. The summed E-state index contributed by atoms with van der Waals surface area (Å²) in [7, 11) is 0. The van der Waals surface area contributed by atoms with Crippen LogP contribution in [0.2, 0.25) is 0 Å². The molecule has 2 nitrogen and oxygen atoms in total. The first-order valence-electron chi connectivity index (χ1n) is 4.80. The molecule has 0 aromatic carbocycles. The van der Waals surface area contributed by atoms with Gasteiger partial charge in [-0.25, -0.2) is 0 Å². The quantitative estimate of drug-likeness (QED) is 0.707. The standard InChI is InChI=1S/C10H23NO/c1-6-8(11)9(12-7-2)10(3,4)5/h8-9H,6-7,11H2,1-5H3. The van der Waals surface area contributed by atoms with E-state index in [-0.39, 0.29) is 17.6 Å². The van der Waals surface area contributed by atoms with Gasteiger partial charge in [-0.2, -0.15) is 0 Å². The van der Waals surface area contributed by atoms with E-state index in [1.807, 2.05) is 6.92 Å². The fraction of sp³-hybridized carbons (Fsp3) is 1.00. The van der Waals surface area contributed by atoms with E-state index in [0.717, 1.165) is 13.0 Å². The van der Waals surface area contributed by atoms with Gasteiger partial charge in [0.2, 0.25) is 0 Å². The lowest BCUT2D eigenvalue weighted by atomic mass is 9.84. The van der Waals surface area contributed by atoms with Gasteiger partial charge < -0.3 is 10.5 Å². The lowest BCUT2D eigenvalue weighted by molar-refractivity contribution is -0.0281. The summed E-state index contributed by atoms with van der Waals surface area (Å²) >= 11 is 0. The van der Waals surface area contributed by atoms with E-state index in [1.54, 1.807) is 0 Å². The molecule has 0 spiro atoms. The number of hydrogen-bond donors (Lipinski definition) is 1. The molecule has 0 bridgehead atoms. The molecule has 2 N–H and O–H groups in total. The predicted molar refractivity (Wildman–Crippen MR) is 53.1 cm³/mol. The number of rotatable bonds is 4. The molecule has 0 saturated carbocycles. The van der Waals surface area contributed by atoms with Crippen LogP contribution in [0.4, 0.5) is 0 Å². The van der Waals surface area contributed by atoms with E-state index < -0.39 is 0 Å². The first kappa shape index (κ1) is 11.9. The van der Waals surface area contributed by atoms with Crippen LogP contribution in [-0.2, 0) is 4.74 Å². The first-order chi connectivity index (χ1) is 5.43. The molecule has 0 fully saturated rings. The molecule has 0 saturated heterocycles. The van der Waals surface area contributed by atoms with Gasteiger partial charge in [0.1, 0.15) is 0 Å². The normalized spacial score (nSPS) is 17.5. The van der Waals surface area contributed by atoms with Gasteiger partial charge in [0.15, 0.2) is 0 Å². The molecule has 0 rings (SSSR count). The minimum Gasteiger partial charge on any atom is -0.376 e. The third-order valence-corrected chi connectivity index (χ3v) is 2.06. The van der Waals surface area contributed by atoms with Crippen LogP contribution >= 0.6 is 0 Å². The van der Waals surface area contributed by atoms with Gasteiger partial charge in [-0.05, 0) is 18.8 Å². The summed E-state index contributed by atoms with van der Waals surface area (Å²) in [4.78, 5) is 0. The maximum Gasteiger partial charge on any atom is 0.0773 e. The van der Waals surface area contributed by atoms with Crippen molar-refractivity contribution in [3.8, 4) is 0 Å². The van der Waals surface area contributed by atoms with E-state index in [4.69, 9.17) is 10.5 Å².